The summed E-state index contributed by atoms with van der Waals surface area (Å²) in [6.45, 7) is 3.78. The van der Waals surface area contributed by atoms with Crippen molar-refractivity contribution in [2.24, 2.45) is 0 Å². The van der Waals surface area contributed by atoms with Gasteiger partial charge in [-0.25, -0.2) is 4.98 Å². The molecule has 0 spiro atoms. The molecule has 0 saturated carbocycles. The zero-order valence-electron chi connectivity index (χ0n) is 11.4. The van der Waals surface area contributed by atoms with Gasteiger partial charge in [0.2, 0.25) is 5.89 Å². The normalized spacial score (nSPS) is 11.5. The van der Waals surface area contributed by atoms with Gasteiger partial charge in [0.05, 0.1) is 0 Å². The summed E-state index contributed by atoms with van der Waals surface area (Å²) in [4.78, 5) is 4.39. The summed E-state index contributed by atoms with van der Waals surface area (Å²) >= 11 is 0. The second-order valence-corrected chi connectivity index (χ2v) is 4.86. The quantitative estimate of drug-likeness (QED) is 0.750. The highest BCUT2D eigenvalue weighted by Crippen LogP contribution is 2.24. The molecule has 0 atom stereocenters. The third kappa shape index (κ3) is 2.30. The van der Waals surface area contributed by atoms with Crippen LogP contribution < -0.4 is 0 Å². The van der Waals surface area contributed by atoms with E-state index >= 15 is 0 Å². The Morgan fingerprint density at radius 3 is 2.45 bits per heavy atom. The zero-order chi connectivity index (χ0) is 14.1. The van der Waals surface area contributed by atoms with E-state index in [0.29, 0.717) is 11.6 Å². The van der Waals surface area contributed by atoms with Crippen LogP contribution in [-0.2, 0) is 0 Å². The minimum Gasteiger partial charge on any atom is -0.507 e. The first-order valence-corrected chi connectivity index (χ1v) is 6.47. The summed E-state index contributed by atoms with van der Waals surface area (Å²) in [5.41, 5.74) is 4.37. The number of benzene rings is 2. The van der Waals surface area contributed by atoms with Crippen LogP contribution in [0.4, 0.5) is 0 Å². The maximum absolute atomic E-state index is 9.76. The van der Waals surface area contributed by atoms with E-state index in [-0.39, 0.29) is 0 Å². The smallest absolute Gasteiger partial charge is 0.220 e. The van der Waals surface area contributed by atoms with Crippen LogP contribution in [0.3, 0.4) is 0 Å². The van der Waals surface area contributed by atoms with Gasteiger partial charge in [0.15, 0.2) is 5.58 Å². The lowest BCUT2D eigenvalue weighted by atomic mass is 10.1. The van der Waals surface area contributed by atoms with Gasteiger partial charge in [-0.15, -0.1) is 0 Å². The second kappa shape index (κ2) is 4.85. The first-order chi connectivity index (χ1) is 9.63. The predicted molar refractivity (Wildman–Crippen MR) is 80.5 cm³/mol. The highest BCUT2D eigenvalue weighted by molar-refractivity contribution is 5.76. The van der Waals surface area contributed by atoms with E-state index in [1.165, 1.54) is 0 Å². The highest BCUT2D eigenvalue weighted by atomic mass is 16.3. The number of rotatable bonds is 2. The van der Waals surface area contributed by atoms with Crippen molar-refractivity contribution in [3.8, 4) is 5.75 Å². The number of hydrogen-bond acceptors (Lipinski definition) is 3. The highest BCUT2D eigenvalue weighted by Gasteiger charge is 2.03. The minimum absolute atomic E-state index is 0.351. The Morgan fingerprint density at radius 2 is 1.75 bits per heavy atom. The first-order valence-electron chi connectivity index (χ1n) is 6.47. The number of para-hydroxylation sites is 2. The van der Waals surface area contributed by atoms with Gasteiger partial charge in [0.1, 0.15) is 11.3 Å². The number of fused-ring (bicyclic) bond motifs is 1. The van der Waals surface area contributed by atoms with Crippen molar-refractivity contribution in [2.45, 2.75) is 13.8 Å². The Balaban J connectivity index is 1.93. The molecule has 0 amide bonds. The van der Waals surface area contributed by atoms with Gasteiger partial charge in [-0.2, -0.15) is 0 Å². The molecule has 0 unspecified atom stereocenters. The van der Waals surface area contributed by atoms with Crippen molar-refractivity contribution in [1.29, 1.82) is 0 Å². The molecule has 3 rings (SSSR count). The van der Waals surface area contributed by atoms with Crippen LogP contribution in [0.2, 0.25) is 0 Å². The molecule has 0 radical (unpaired) electrons. The Labute approximate surface area is 117 Å². The van der Waals surface area contributed by atoms with Crippen LogP contribution in [-0.4, -0.2) is 10.1 Å². The van der Waals surface area contributed by atoms with Crippen molar-refractivity contribution in [2.75, 3.05) is 0 Å². The average Bonchev–Trinajstić information content (AvgIpc) is 2.85. The standard InChI is InChI=1S/C17H15NO2/c1-11-9-13(10-12(2)17(11)19)7-8-16-18-14-5-3-4-6-15(14)20-16/h3-10,19H,1-2H3/b8-7-. The molecule has 0 aliphatic heterocycles. The lowest BCUT2D eigenvalue weighted by Crippen LogP contribution is -1.83. The molecule has 1 aromatic heterocycles. The third-order valence-corrected chi connectivity index (χ3v) is 3.24. The number of nitrogens with zero attached hydrogens (tertiary/aromatic N) is 1. The molecule has 0 bridgehead atoms. The fraction of sp³-hybridized carbons (Fsp3) is 0.118. The Kier molecular flexibility index (Phi) is 3.03. The van der Waals surface area contributed by atoms with E-state index in [1.807, 2.05) is 62.4 Å². The van der Waals surface area contributed by atoms with Gasteiger partial charge in [0, 0.05) is 6.08 Å². The van der Waals surface area contributed by atoms with E-state index in [4.69, 9.17) is 4.42 Å². The van der Waals surface area contributed by atoms with Crippen molar-refractivity contribution in [1.82, 2.24) is 4.98 Å². The van der Waals surface area contributed by atoms with Crippen LogP contribution in [0.15, 0.2) is 40.8 Å². The fourth-order valence-corrected chi connectivity index (χ4v) is 2.21. The molecule has 100 valence electrons. The Morgan fingerprint density at radius 1 is 1.05 bits per heavy atom. The SMILES string of the molecule is Cc1cc(/C=C\c2nc3ccccc3o2)cc(C)c1O. The van der Waals surface area contributed by atoms with E-state index in [9.17, 15) is 5.11 Å². The van der Waals surface area contributed by atoms with Crippen LogP contribution in [0.5, 0.6) is 5.75 Å². The molecule has 20 heavy (non-hydrogen) atoms. The molecule has 3 aromatic rings. The van der Waals surface area contributed by atoms with E-state index in [2.05, 4.69) is 4.98 Å². The van der Waals surface area contributed by atoms with Gasteiger partial charge in [-0.3, -0.25) is 0 Å². The summed E-state index contributed by atoms with van der Waals surface area (Å²) in [6.07, 6.45) is 3.77. The van der Waals surface area contributed by atoms with Gasteiger partial charge in [0.25, 0.3) is 0 Å². The number of aromatic nitrogens is 1. The molecule has 0 aliphatic rings. The van der Waals surface area contributed by atoms with Gasteiger partial charge >= 0.3 is 0 Å². The molecular weight excluding hydrogens is 250 g/mol. The summed E-state index contributed by atoms with van der Waals surface area (Å²) in [5.74, 6) is 0.929. The van der Waals surface area contributed by atoms with Crippen LogP contribution in [0.25, 0.3) is 23.3 Å². The van der Waals surface area contributed by atoms with E-state index in [0.717, 1.165) is 27.8 Å². The monoisotopic (exact) mass is 265 g/mol. The molecule has 2 aromatic carbocycles. The van der Waals surface area contributed by atoms with E-state index < -0.39 is 0 Å². The predicted octanol–water partition coefficient (Wildman–Crippen LogP) is 4.32. The van der Waals surface area contributed by atoms with Crippen LogP contribution >= 0.6 is 0 Å². The van der Waals surface area contributed by atoms with Crippen molar-refractivity contribution in [3.05, 3.63) is 59.0 Å². The lowest BCUT2D eigenvalue weighted by Gasteiger charge is -2.04. The molecule has 0 fully saturated rings. The van der Waals surface area contributed by atoms with Crippen molar-refractivity contribution >= 4 is 23.3 Å². The van der Waals surface area contributed by atoms with E-state index in [1.54, 1.807) is 0 Å². The molecule has 3 heteroatoms. The van der Waals surface area contributed by atoms with Crippen molar-refractivity contribution in [3.63, 3.8) is 0 Å². The third-order valence-electron chi connectivity index (χ3n) is 3.24. The summed E-state index contributed by atoms with van der Waals surface area (Å²) < 4.78 is 5.63. The summed E-state index contributed by atoms with van der Waals surface area (Å²) in [5, 5.41) is 9.76. The number of oxazole rings is 1. The number of phenols is 1. The first kappa shape index (κ1) is 12.5. The largest absolute Gasteiger partial charge is 0.507 e. The fourth-order valence-electron chi connectivity index (χ4n) is 2.21. The minimum atomic E-state index is 0.351. The number of phenolic OH excluding ortho intramolecular Hbond substituents is 1. The summed E-state index contributed by atoms with van der Waals surface area (Å²) in [6, 6.07) is 11.5. The van der Waals surface area contributed by atoms with Gasteiger partial charge in [-0.05, 0) is 60.9 Å². The number of hydrogen-bond donors (Lipinski definition) is 1. The number of aromatic hydroxyl groups is 1. The Hall–Kier alpha value is -2.55. The average molecular weight is 265 g/mol. The molecule has 0 saturated heterocycles. The van der Waals surface area contributed by atoms with Gasteiger partial charge in [-0.1, -0.05) is 12.1 Å². The number of aryl methyl sites for hydroxylation is 2. The van der Waals surface area contributed by atoms with Crippen LogP contribution in [0, 0.1) is 13.8 Å². The van der Waals surface area contributed by atoms with Crippen molar-refractivity contribution < 1.29 is 9.52 Å². The topological polar surface area (TPSA) is 46.3 Å². The van der Waals surface area contributed by atoms with Crippen LogP contribution in [0.1, 0.15) is 22.6 Å². The molecular formula is C17H15NO2. The zero-order valence-corrected chi connectivity index (χ0v) is 11.4. The summed E-state index contributed by atoms with van der Waals surface area (Å²) in [7, 11) is 0. The maximum atomic E-state index is 9.76. The molecule has 1 heterocycles. The lowest BCUT2D eigenvalue weighted by molar-refractivity contribution is 0.467. The molecule has 0 aliphatic carbocycles. The Bertz CT molecular complexity index is 744. The maximum Gasteiger partial charge on any atom is 0.220 e. The second-order valence-electron chi connectivity index (χ2n) is 4.86. The molecule has 3 nitrogen and oxygen atoms in total. The van der Waals surface area contributed by atoms with Gasteiger partial charge < -0.3 is 9.52 Å². The molecule has 1 N–H and O–H groups in total.